The summed E-state index contributed by atoms with van der Waals surface area (Å²) < 4.78 is 5.58. The third-order valence-corrected chi connectivity index (χ3v) is 4.23. The molecule has 2 heterocycles. The number of guanidine groups is 1. The minimum Gasteiger partial charge on any atom is -0.376 e. The van der Waals surface area contributed by atoms with Gasteiger partial charge in [-0.2, -0.15) is 0 Å². The first-order valence-electron chi connectivity index (χ1n) is 6.68. The lowest BCUT2D eigenvalue weighted by Gasteiger charge is -2.14. The predicted octanol–water partition coefficient (Wildman–Crippen LogP) is 1.60. The largest absolute Gasteiger partial charge is 0.376 e. The van der Waals surface area contributed by atoms with Gasteiger partial charge in [-0.15, -0.1) is 11.3 Å². The van der Waals surface area contributed by atoms with E-state index in [0.717, 1.165) is 49.2 Å². The molecular formula is C13H22N4OS. The summed E-state index contributed by atoms with van der Waals surface area (Å²) in [5.74, 6) is 0.820. The van der Waals surface area contributed by atoms with E-state index in [4.69, 9.17) is 4.74 Å². The van der Waals surface area contributed by atoms with Gasteiger partial charge in [0, 0.05) is 25.1 Å². The molecule has 6 heteroatoms. The van der Waals surface area contributed by atoms with Gasteiger partial charge < -0.3 is 15.4 Å². The van der Waals surface area contributed by atoms with Crippen LogP contribution < -0.4 is 10.6 Å². The highest BCUT2D eigenvalue weighted by Gasteiger charge is 2.15. The Morgan fingerprint density at radius 2 is 2.32 bits per heavy atom. The lowest BCUT2D eigenvalue weighted by Crippen LogP contribution is -2.40. The molecular weight excluding hydrogens is 260 g/mol. The Hall–Kier alpha value is -1.14. The number of nitrogens with one attached hydrogen (secondary N) is 2. The van der Waals surface area contributed by atoms with Crippen LogP contribution in [0.1, 0.15) is 28.4 Å². The highest BCUT2D eigenvalue weighted by molar-refractivity contribution is 7.11. The van der Waals surface area contributed by atoms with Crippen LogP contribution in [-0.4, -0.2) is 37.2 Å². The van der Waals surface area contributed by atoms with Crippen LogP contribution in [0.3, 0.4) is 0 Å². The zero-order valence-corrected chi connectivity index (χ0v) is 12.6. The molecule has 1 atom stereocenters. The molecule has 1 unspecified atom stereocenters. The van der Waals surface area contributed by atoms with Crippen molar-refractivity contribution < 1.29 is 4.74 Å². The topological polar surface area (TPSA) is 58.5 Å². The van der Waals surface area contributed by atoms with E-state index < -0.39 is 0 Å². The Kier molecular flexibility index (Phi) is 5.15. The number of rotatable bonds is 4. The third-order valence-electron chi connectivity index (χ3n) is 3.16. The number of thiazole rings is 1. The second-order valence-corrected chi connectivity index (χ2v) is 5.97. The Morgan fingerprint density at radius 3 is 2.89 bits per heavy atom. The Balaban J connectivity index is 1.77. The standard InChI is InChI=1S/C13H22N4OS/c1-9-12(19-10(2)17-9)8-16-13(14-3)15-7-11-5-4-6-18-11/h11H,4-8H2,1-3H3,(H2,14,15,16). The summed E-state index contributed by atoms with van der Waals surface area (Å²) in [6.07, 6.45) is 2.63. The van der Waals surface area contributed by atoms with E-state index in [9.17, 15) is 0 Å². The summed E-state index contributed by atoms with van der Waals surface area (Å²) in [4.78, 5) is 9.91. The molecule has 5 nitrogen and oxygen atoms in total. The minimum atomic E-state index is 0.325. The first-order valence-corrected chi connectivity index (χ1v) is 7.49. The van der Waals surface area contributed by atoms with Crippen molar-refractivity contribution in [2.45, 2.75) is 39.3 Å². The van der Waals surface area contributed by atoms with Crippen LogP contribution in [-0.2, 0) is 11.3 Å². The van der Waals surface area contributed by atoms with Crippen LogP contribution >= 0.6 is 11.3 Å². The van der Waals surface area contributed by atoms with Gasteiger partial charge in [0.2, 0.25) is 0 Å². The molecule has 0 spiro atoms. The van der Waals surface area contributed by atoms with Crippen LogP contribution in [0.5, 0.6) is 0 Å². The maximum atomic E-state index is 5.58. The van der Waals surface area contributed by atoms with Gasteiger partial charge >= 0.3 is 0 Å². The number of hydrogen-bond donors (Lipinski definition) is 2. The van der Waals surface area contributed by atoms with Crippen LogP contribution in [0, 0.1) is 13.8 Å². The van der Waals surface area contributed by atoms with E-state index in [1.54, 1.807) is 18.4 Å². The van der Waals surface area contributed by atoms with E-state index in [2.05, 4.69) is 20.6 Å². The maximum absolute atomic E-state index is 5.58. The monoisotopic (exact) mass is 282 g/mol. The van der Waals surface area contributed by atoms with Gasteiger partial charge in [-0.25, -0.2) is 4.98 Å². The highest BCUT2D eigenvalue weighted by atomic mass is 32.1. The van der Waals surface area contributed by atoms with E-state index >= 15 is 0 Å². The highest BCUT2D eigenvalue weighted by Crippen LogP contribution is 2.16. The summed E-state index contributed by atoms with van der Waals surface area (Å²) in [7, 11) is 1.79. The summed E-state index contributed by atoms with van der Waals surface area (Å²) in [6.45, 7) is 6.55. The first-order chi connectivity index (χ1) is 9.19. The van der Waals surface area contributed by atoms with E-state index in [1.807, 2.05) is 13.8 Å². The van der Waals surface area contributed by atoms with Gasteiger partial charge in [0.05, 0.1) is 23.4 Å². The quantitative estimate of drug-likeness (QED) is 0.650. The molecule has 1 saturated heterocycles. The molecule has 1 aromatic heterocycles. The number of ether oxygens (including phenoxy) is 1. The molecule has 2 N–H and O–H groups in total. The number of aromatic nitrogens is 1. The van der Waals surface area contributed by atoms with Gasteiger partial charge in [-0.1, -0.05) is 0 Å². The first kappa shape index (κ1) is 14.3. The molecule has 19 heavy (non-hydrogen) atoms. The molecule has 1 aliphatic heterocycles. The summed E-state index contributed by atoms with van der Waals surface area (Å²) in [5.41, 5.74) is 1.10. The number of aryl methyl sites for hydroxylation is 2. The van der Waals surface area contributed by atoms with Crippen LogP contribution in [0.25, 0.3) is 0 Å². The molecule has 2 rings (SSSR count). The smallest absolute Gasteiger partial charge is 0.191 e. The normalized spacial score (nSPS) is 19.7. The lowest BCUT2D eigenvalue weighted by molar-refractivity contribution is 0.114. The van der Waals surface area contributed by atoms with Crippen molar-refractivity contribution in [1.82, 2.24) is 15.6 Å². The van der Waals surface area contributed by atoms with E-state index in [-0.39, 0.29) is 0 Å². The number of aliphatic imine (C=N–C) groups is 1. The fraction of sp³-hybridized carbons (Fsp3) is 0.692. The molecule has 0 amide bonds. The molecule has 1 fully saturated rings. The van der Waals surface area contributed by atoms with E-state index in [1.165, 1.54) is 4.88 Å². The zero-order chi connectivity index (χ0) is 13.7. The minimum absolute atomic E-state index is 0.325. The van der Waals surface area contributed by atoms with Crippen molar-refractivity contribution in [2.75, 3.05) is 20.2 Å². The average Bonchev–Trinajstić information content (AvgIpc) is 3.00. The van der Waals surface area contributed by atoms with Crippen LogP contribution in [0.2, 0.25) is 0 Å². The molecule has 0 saturated carbocycles. The van der Waals surface area contributed by atoms with Gasteiger partial charge in [-0.05, 0) is 26.7 Å². The van der Waals surface area contributed by atoms with Crippen molar-refractivity contribution in [1.29, 1.82) is 0 Å². The summed E-state index contributed by atoms with van der Waals surface area (Å²) in [5, 5.41) is 7.73. The average molecular weight is 282 g/mol. The Labute approximate surface area is 118 Å². The SMILES string of the molecule is CN=C(NCc1sc(C)nc1C)NCC1CCCO1. The Morgan fingerprint density at radius 1 is 1.47 bits per heavy atom. The van der Waals surface area contributed by atoms with Gasteiger partial charge in [0.25, 0.3) is 0 Å². The summed E-state index contributed by atoms with van der Waals surface area (Å²) in [6, 6.07) is 0. The third kappa shape index (κ3) is 4.18. The second kappa shape index (κ2) is 6.86. The molecule has 0 aliphatic carbocycles. The Bertz CT molecular complexity index is 438. The fourth-order valence-electron chi connectivity index (χ4n) is 2.14. The van der Waals surface area contributed by atoms with Crippen molar-refractivity contribution in [3.63, 3.8) is 0 Å². The van der Waals surface area contributed by atoms with Crippen molar-refractivity contribution in [3.8, 4) is 0 Å². The summed E-state index contributed by atoms with van der Waals surface area (Å²) >= 11 is 1.73. The molecule has 1 aliphatic rings. The van der Waals surface area contributed by atoms with Crippen molar-refractivity contribution >= 4 is 17.3 Å². The van der Waals surface area contributed by atoms with E-state index in [0.29, 0.717) is 6.10 Å². The molecule has 0 bridgehead atoms. The predicted molar refractivity (Wildman–Crippen MR) is 78.8 cm³/mol. The molecule has 106 valence electrons. The second-order valence-electron chi connectivity index (χ2n) is 4.68. The number of nitrogens with zero attached hydrogens (tertiary/aromatic N) is 2. The fourth-order valence-corrected chi connectivity index (χ4v) is 3.01. The molecule has 1 aromatic rings. The molecule has 0 radical (unpaired) electrons. The van der Waals surface area contributed by atoms with Gasteiger partial charge in [-0.3, -0.25) is 4.99 Å². The maximum Gasteiger partial charge on any atom is 0.191 e. The molecule has 0 aromatic carbocycles. The number of hydrogen-bond acceptors (Lipinski definition) is 4. The van der Waals surface area contributed by atoms with Crippen LogP contribution in [0.15, 0.2) is 4.99 Å². The van der Waals surface area contributed by atoms with Crippen molar-refractivity contribution in [2.24, 2.45) is 4.99 Å². The lowest BCUT2D eigenvalue weighted by atomic mass is 10.2. The van der Waals surface area contributed by atoms with Gasteiger partial charge in [0.1, 0.15) is 0 Å². The van der Waals surface area contributed by atoms with Crippen molar-refractivity contribution in [3.05, 3.63) is 15.6 Å². The van der Waals surface area contributed by atoms with Crippen LogP contribution in [0.4, 0.5) is 0 Å². The van der Waals surface area contributed by atoms with Gasteiger partial charge in [0.15, 0.2) is 5.96 Å². The zero-order valence-electron chi connectivity index (χ0n) is 11.8.